The lowest BCUT2D eigenvalue weighted by molar-refractivity contribution is 0.212. The number of hydrogen-bond donors (Lipinski definition) is 1. The Balaban J connectivity index is 1.43. The van der Waals surface area contributed by atoms with Crippen LogP contribution in [0.5, 0.6) is 11.6 Å². The number of carbonyl (C=O) groups is 1. The van der Waals surface area contributed by atoms with Gasteiger partial charge in [0.15, 0.2) is 0 Å². The molecule has 4 rings (SSSR count). The van der Waals surface area contributed by atoms with Gasteiger partial charge >= 0.3 is 6.03 Å². The van der Waals surface area contributed by atoms with Gasteiger partial charge in [0.05, 0.1) is 0 Å². The zero-order valence-electron chi connectivity index (χ0n) is 15.3. The highest BCUT2D eigenvalue weighted by molar-refractivity contribution is 5.90. The van der Waals surface area contributed by atoms with Gasteiger partial charge in [0.2, 0.25) is 5.88 Å². The fourth-order valence-corrected chi connectivity index (χ4v) is 3.98. The monoisotopic (exact) mass is 370 g/mol. The van der Waals surface area contributed by atoms with E-state index in [0.29, 0.717) is 11.4 Å². The molecule has 2 amide bonds. The summed E-state index contributed by atoms with van der Waals surface area (Å²) in [4.78, 5) is 21.2. The average Bonchev–Trinajstić information content (AvgIpc) is 3.24. The summed E-state index contributed by atoms with van der Waals surface area (Å²) in [7, 11) is 2.13. The second-order valence-electron chi connectivity index (χ2n) is 7.50. The van der Waals surface area contributed by atoms with Crippen LogP contribution in [-0.4, -0.2) is 54.0 Å². The van der Waals surface area contributed by atoms with Gasteiger partial charge in [-0.3, -0.25) is 0 Å². The average molecular weight is 370 g/mol. The van der Waals surface area contributed by atoms with Gasteiger partial charge in [0.1, 0.15) is 17.3 Å². The highest BCUT2D eigenvalue weighted by Crippen LogP contribution is 2.39. The number of aromatic nitrogens is 1. The minimum atomic E-state index is -0.336. The highest BCUT2D eigenvalue weighted by Gasteiger charge is 2.43. The minimum absolute atomic E-state index is 0.140. The summed E-state index contributed by atoms with van der Waals surface area (Å²) < 4.78 is 18.8. The molecule has 2 aliphatic rings. The molecule has 142 valence electrons. The molecule has 1 N–H and O–H groups in total. The molecule has 0 aliphatic carbocycles. The fraction of sp³-hybridized carbons (Fsp3) is 0.400. The number of benzene rings is 1. The topological polar surface area (TPSA) is 57.7 Å². The molecule has 1 aromatic carbocycles. The molecule has 3 heterocycles. The molecule has 1 spiro atoms. The molecule has 2 fully saturated rings. The third-order valence-electron chi connectivity index (χ3n) is 5.40. The molecule has 1 aromatic heterocycles. The van der Waals surface area contributed by atoms with E-state index in [0.717, 1.165) is 39.0 Å². The van der Waals surface area contributed by atoms with Gasteiger partial charge in [-0.2, -0.15) is 0 Å². The molecule has 0 bridgehead atoms. The summed E-state index contributed by atoms with van der Waals surface area (Å²) in [5, 5.41) is 2.91. The molecule has 2 saturated heterocycles. The lowest BCUT2D eigenvalue weighted by Crippen LogP contribution is -2.36. The quantitative estimate of drug-likeness (QED) is 0.897. The number of nitrogens with one attached hydrogen (secondary N) is 1. The zero-order valence-corrected chi connectivity index (χ0v) is 15.3. The number of likely N-dealkylation sites (tertiary alicyclic amines) is 2. The largest absolute Gasteiger partial charge is 0.437 e. The van der Waals surface area contributed by atoms with Crippen LogP contribution >= 0.6 is 0 Å². The number of urea groups is 1. The lowest BCUT2D eigenvalue weighted by Gasteiger charge is -2.24. The maximum absolute atomic E-state index is 13.1. The number of ether oxygens (including phenoxy) is 1. The molecule has 27 heavy (non-hydrogen) atoms. The van der Waals surface area contributed by atoms with Crippen molar-refractivity contribution in [3.05, 3.63) is 48.4 Å². The van der Waals surface area contributed by atoms with E-state index in [9.17, 15) is 9.18 Å². The van der Waals surface area contributed by atoms with Crippen molar-refractivity contribution in [2.45, 2.75) is 12.8 Å². The van der Waals surface area contributed by atoms with Crippen molar-refractivity contribution >= 4 is 11.7 Å². The second-order valence-corrected chi connectivity index (χ2v) is 7.50. The van der Waals surface area contributed by atoms with Gasteiger partial charge < -0.3 is 19.9 Å². The molecule has 7 heteroatoms. The first kappa shape index (κ1) is 17.7. The Kier molecular flexibility index (Phi) is 4.70. The second kappa shape index (κ2) is 7.15. The SMILES string of the molecule is CN1CCC2(CCN(C(=O)Nc3cccnc3Oc3ccc(F)cc3)C2)C1. The highest BCUT2D eigenvalue weighted by atomic mass is 19.1. The third kappa shape index (κ3) is 3.88. The van der Waals surface area contributed by atoms with Gasteiger partial charge in [0.25, 0.3) is 0 Å². The van der Waals surface area contributed by atoms with E-state index < -0.39 is 0 Å². The van der Waals surface area contributed by atoms with Crippen molar-refractivity contribution in [3.8, 4) is 11.6 Å². The van der Waals surface area contributed by atoms with Gasteiger partial charge in [-0.25, -0.2) is 14.2 Å². The first-order valence-electron chi connectivity index (χ1n) is 9.16. The number of rotatable bonds is 3. The van der Waals surface area contributed by atoms with Crippen LogP contribution in [0.25, 0.3) is 0 Å². The molecule has 6 nitrogen and oxygen atoms in total. The van der Waals surface area contributed by atoms with Crippen molar-refractivity contribution in [3.63, 3.8) is 0 Å². The van der Waals surface area contributed by atoms with Gasteiger partial charge in [-0.1, -0.05) is 0 Å². The number of halogens is 1. The standard InChI is InChI=1S/C20H23FN4O2/c1-24-11-8-20(13-24)9-12-25(14-20)19(26)23-17-3-2-10-22-18(17)27-16-6-4-15(21)5-7-16/h2-7,10H,8-9,11-14H2,1H3,(H,23,26). The number of nitrogens with zero attached hydrogens (tertiary/aromatic N) is 3. The predicted octanol–water partition coefficient (Wildman–Crippen LogP) is 3.57. The Morgan fingerprint density at radius 1 is 1.19 bits per heavy atom. The van der Waals surface area contributed by atoms with E-state index in [1.54, 1.807) is 18.3 Å². The van der Waals surface area contributed by atoms with Crippen LogP contribution < -0.4 is 10.1 Å². The molecule has 2 aromatic rings. The molecular weight excluding hydrogens is 347 g/mol. The Labute approximate surface area is 157 Å². The van der Waals surface area contributed by atoms with Gasteiger partial charge in [-0.15, -0.1) is 0 Å². The first-order chi connectivity index (χ1) is 13.0. The molecule has 0 radical (unpaired) electrons. The van der Waals surface area contributed by atoms with Crippen molar-refractivity contribution in [1.82, 2.24) is 14.8 Å². The van der Waals surface area contributed by atoms with Gasteiger partial charge in [-0.05, 0) is 62.8 Å². The van der Waals surface area contributed by atoms with E-state index in [4.69, 9.17) is 4.74 Å². The van der Waals surface area contributed by atoms with Crippen LogP contribution in [0.15, 0.2) is 42.6 Å². The molecule has 1 atom stereocenters. The molecule has 0 saturated carbocycles. The van der Waals surface area contributed by atoms with Crippen LogP contribution in [0.2, 0.25) is 0 Å². The maximum atomic E-state index is 13.1. The molecule has 2 aliphatic heterocycles. The summed E-state index contributed by atoms with van der Waals surface area (Å²) in [5.74, 6) is 0.407. The van der Waals surface area contributed by atoms with Crippen LogP contribution in [0.3, 0.4) is 0 Å². The Bertz CT molecular complexity index is 829. The van der Waals surface area contributed by atoms with Gasteiger partial charge in [0, 0.05) is 31.2 Å². The third-order valence-corrected chi connectivity index (χ3v) is 5.40. The number of anilines is 1. The lowest BCUT2D eigenvalue weighted by atomic mass is 9.86. The predicted molar refractivity (Wildman–Crippen MR) is 100 cm³/mol. The number of amides is 2. The van der Waals surface area contributed by atoms with Crippen molar-refractivity contribution in [2.75, 3.05) is 38.5 Å². The minimum Gasteiger partial charge on any atom is -0.437 e. The summed E-state index contributed by atoms with van der Waals surface area (Å²) in [6.07, 6.45) is 3.77. The van der Waals surface area contributed by atoms with Crippen molar-refractivity contribution < 1.29 is 13.9 Å². The molecule has 1 unspecified atom stereocenters. The summed E-state index contributed by atoms with van der Waals surface area (Å²) in [5.41, 5.74) is 0.727. The smallest absolute Gasteiger partial charge is 0.322 e. The zero-order chi connectivity index (χ0) is 18.9. The van der Waals surface area contributed by atoms with E-state index in [2.05, 4.69) is 22.2 Å². The molecular formula is C20H23FN4O2. The fourth-order valence-electron chi connectivity index (χ4n) is 3.98. The van der Waals surface area contributed by atoms with Crippen LogP contribution in [0.1, 0.15) is 12.8 Å². The maximum Gasteiger partial charge on any atom is 0.322 e. The van der Waals surface area contributed by atoms with Crippen LogP contribution in [0, 0.1) is 11.2 Å². The van der Waals surface area contributed by atoms with Crippen molar-refractivity contribution in [2.24, 2.45) is 5.41 Å². The number of pyridine rings is 1. The summed E-state index contributed by atoms with van der Waals surface area (Å²) in [6.45, 7) is 3.67. The van der Waals surface area contributed by atoms with E-state index in [1.165, 1.54) is 24.3 Å². The summed E-state index contributed by atoms with van der Waals surface area (Å²) in [6, 6.07) is 9.03. The Hall–Kier alpha value is -2.67. The first-order valence-corrected chi connectivity index (χ1v) is 9.16. The van der Waals surface area contributed by atoms with E-state index in [-0.39, 0.29) is 23.1 Å². The normalized spacial score (nSPS) is 22.4. The van der Waals surface area contributed by atoms with E-state index >= 15 is 0 Å². The van der Waals surface area contributed by atoms with E-state index in [1.807, 2.05) is 4.90 Å². The number of carbonyl (C=O) groups excluding carboxylic acids is 1. The van der Waals surface area contributed by atoms with Crippen molar-refractivity contribution in [1.29, 1.82) is 0 Å². The van der Waals surface area contributed by atoms with Crippen LogP contribution in [-0.2, 0) is 0 Å². The Morgan fingerprint density at radius 2 is 1.96 bits per heavy atom. The van der Waals surface area contributed by atoms with Crippen LogP contribution in [0.4, 0.5) is 14.9 Å². The number of hydrogen-bond acceptors (Lipinski definition) is 4. The summed E-state index contributed by atoms with van der Waals surface area (Å²) >= 11 is 0. The Morgan fingerprint density at radius 3 is 2.70 bits per heavy atom.